The molecule has 2 atom stereocenters. The summed E-state index contributed by atoms with van der Waals surface area (Å²) in [6.45, 7) is 4.87. The Morgan fingerprint density at radius 3 is 3.00 bits per heavy atom. The Kier molecular flexibility index (Phi) is 3.17. The van der Waals surface area contributed by atoms with Gasteiger partial charge in [-0.25, -0.2) is 0 Å². The molecule has 0 spiro atoms. The lowest BCUT2D eigenvalue weighted by atomic mass is 10.2. The number of anilines is 1. The quantitative estimate of drug-likeness (QED) is 0.911. The van der Waals surface area contributed by atoms with Gasteiger partial charge in [0.05, 0.1) is 24.5 Å². The van der Waals surface area contributed by atoms with E-state index in [-0.39, 0.29) is 6.04 Å². The fourth-order valence-corrected chi connectivity index (χ4v) is 2.87. The zero-order chi connectivity index (χ0) is 15.1. The van der Waals surface area contributed by atoms with E-state index in [1.54, 1.807) is 0 Å². The Hall–Kier alpha value is -2.24. The molecule has 1 aliphatic carbocycles. The van der Waals surface area contributed by atoms with Crippen LogP contribution >= 0.6 is 0 Å². The van der Waals surface area contributed by atoms with Gasteiger partial charge in [0, 0.05) is 6.20 Å². The largest absolute Gasteiger partial charge is 0.464 e. The zero-order valence-electron chi connectivity index (χ0n) is 12.9. The molecule has 1 aliphatic heterocycles. The minimum atomic E-state index is 0.108. The molecule has 3 heterocycles. The highest BCUT2D eigenvalue weighted by atomic mass is 16.3. The Morgan fingerprint density at radius 2 is 2.27 bits per heavy atom. The van der Waals surface area contributed by atoms with Gasteiger partial charge < -0.3 is 15.1 Å². The van der Waals surface area contributed by atoms with Crippen LogP contribution in [0.1, 0.15) is 43.4 Å². The SMILES string of the molecule is Cc1ccc(C2CN=C(Nc3cnn(C(C)C4CC4)c3)N2)o1. The van der Waals surface area contributed by atoms with Crippen molar-refractivity contribution < 1.29 is 4.42 Å². The van der Waals surface area contributed by atoms with E-state index in [4.69, 9.17) is 4.42 Å². The maximum atomic E-state index is 5.65. The average Bonchev–Trinajstić information content (AvgIpc) is 2.88. The van der Waals surface area contributed by atoms with Gasteiger partial charge >= 0.3 is 0 Å². The molecule has 0 saturated heterocycles. The molecule has 0 aromatic carbocycles. The molecule has 2 N–H and O–H groups in total. The minimum absolute atomic E-state index is 0.108. The number of guanidine groups is 1. The van der Waals surface area contributed by atoms with Gasteiger partial charge in [-0.05, 0) is 44.7 Å². The summed E-state index contributed by atoms with van der Waals surface area (Å²) in [5, 5.41) is 11.1. The Balaban J connectivity index is 1.38. The van der Waals surface area contributed by atoms with Crippen molar-refractivity contribution >= 4 is 11.6 Å². The summed E-state index contributed by atoms with van der Waals surface area (Å²) >= 11 is 0. The average molecular weight is 299 g/mol. The highest BCUT2D eigenvalue weighted by Gasteiger charge is 2.29. The molecule has 1 saturated carbocycles. The number of aryl methyl sites for hydroxylation is 1. The topological polar surface area (TPSA) is 67.4 Å². The number of aliphatic imine (C=N–C) groups is 1. The van der Waals surface area contributed by atoms with Crippen LogP contribution in [0.3, 0.4) is 0 Å². The van der Waals surface area contributed by atoms with Crippen molar-refractivity contribution in [2.24, 2.45) is 10.9 Å². The van der Waals surface area contributed by atoms with Crippen LogP contribution in [0.5, 0.6) is 0 Å². The highest BCUT2D eigenvalue weighted by Crippen LogP contribution is 2.39. The number of rotatable bonds is 4. The van der Waals surface area contributed by atoms with Crippen molar-refractivity contribution in [3.8, 4) is 0 Å². The zero-order valence-corrected chi connectivity index (χ0v) is 12.9. The molecule has 22 heavy (non-hydrogen) atoms. The smallest absolute Gasteiger partial charge is 0.196 e. The van der Waals surface area contributed by atoms with E-state index in [1.165, 1.54) is 12.8 Å². The molecule has 2 unspecified atom stereocenters. The van der Waals surface area contributed by atoms with Crippen LogP contribution in [0.2, 0.25) is 0 Å². The van der Waals surface area contributed by atoms with Gasteiger partial charge in [0.2, 0.25) is 0 Å². The first-order valence-electron chi connectivity index (χ1n) is 7.87. The summed E-state index contributed by atoms with van der Waals surface area (Å²) < 4.78 is 7.70. The number of furan rings is 1. The van der Waals surface area contributed by atoms with Crippen molar-refractivity contribution in [2.75, 3.05) is 11.9 Å². The Morgan fingerprint density at radius 1 is 1.41 bits per heavy atom. The molecular formula is C16H21N5O. The molecule has 2 aromatic heterocycles. The summed E-state index contributed by atoms with van der Waals surface area (Å²) in [7, 11) is 0. The third-order valence-electron chi connectivity index (χ3n) is 4.43. The van der Waals surface area contributed by atoms with Gasteiger partial charge in [0.1, 0.15) is 17.6 Å². The van der Waals surface area contributed by atoms with Crippen LogP contribution in [0.15, 0.2) is 33.9 Å². The lowest BCUT2D eigenvalue weighted by Crippen LogP contribution is -2.28. The van der Waals surface area contributed by atoms with Crippen LogP contribution in [0.25, 0.3) is 0 Å². The van der Waals surface area contributed by atoms with Crippen LogP contribution in [-0.2, 0) is 0 Å². The number of nitrogens with zero attached hydrogens (tertiary/aromatic N) is 3. The van der Waals surface area contributed by atoms with E-state index in [2.05, 4.69) is 33.8 Å². The van der Waals surface area contributed by atoms with E-state index in [0.717, 1.165) is 29.1 Å². The first-order chi connectivity index (χ1) is 10.7. The molecule has 2 aromatic rings. The van der Waals surface area contributed by atoms with Gasteiger partial charge in [-0.2, -0.15) is 5.10 Å². The van der Waals surface area contributed by atoms with Gasteiger partial charge in [-0.3, -0.25) is 9.67 Å². The lowest BCUT2D eigenvalue weighted by Gasteiger charge is -2.11. The van der Waals surface area contributed by atoms with E-state index in [0.29, 0.717) is 12.6 Å². The van der Waals surface area contributed by atoms with Crippen molar-refractivity contribution in [1.82, 2.24) is 15.1 Å². The predicted molar refractivity (Wildman–Crippen MR) is 84.9 cm³/mol. The van der Waals surface area contributed by atoms with Gasteiger partial charge in [-0.1, -0.05) is 0 Å². The highest BCUT2D eigenvalue weighted by molar-refractivity contribution is 5.94. The summed E-state index contributed by atoms with van der Waals surface area (Å²) in [5.74, 6) is 3.42. The second kappa shape index (κ2) is 5.19. The molecule has 6 nitrogen and oxygen atoms in total. The first kappa shape index (κ1) is 13.4. The Bertz CT molecular complexity index is 697. The number of nitrogens with one attached hydrogen (secondary N) is 2. The molecule has 2 aliphatic rings. The summed E-state index contributed by atoms with van der Waals surface area (Å²) in [5.41, 5.74) is 0.968. The second-order valence-electron chi connectivity index (χ2n) is 6.25. The van der Waals surface area contributed by atoms with Gasteiger partial charge in [0.15, 0.2) is 5.96 Å². The standard InChI is InChI=1S/C16H21N5O/c1-10-3-6-15(22-10)14-8-17-16(20-14)19-13-7-18-21(9-13)11(2)12-4-5-12/h3,6-7,9,11-12,14H,4-5,8H2,1-2H3,(H2,17,19,20). The Labute approximate surface area is 129 Å². The van der Waals surface area contributed by atoms with E-state index < -0.39 is 0 Å². The normalized spacial score (nSPS) is 22.3. The number of hydrogen-bond donors (Lipinski definition) is 2. The van der Waals surface area contributed by atoms with Crippen molar-refractivity contribution in [3.05, 3.63) is 36.0 Å². The third-order valence-corrected chi connectivity index (χ3v) is 4.43. The van der Waals surface area contributed by atoms with E-state index >= 15 is 0 Å². The molecular weight excluding hydrogens is 278 g/mol. The van der Waals surface area contributed by atoms with Crippen LogP contribution in [-0.4, -0.2) is 22.3 Å². The van der Waals surface area contributed by atoms with Crippen LogP contribution in [0, 0.1) is 12.8 Å². The fraction of sp³-hybridized carbons (Fsp3) is 0.500. The maximum absolute atomic E-state index is 5.65. The van der Waals surface area contributed by atoms with E-state index in [9.17, 15) is 0 Å². The number of aromatic nitrogens is 2. The molecule has 4 rings (SSSR count). The first-order valence-corrected chi connectivity index (χ1v) is 7.87. The molecule has 1 fully saturated rings. The minimum Gasteiger partial charge on any atom is -0.464 e. The number of hydrogen-bond acceptors (Lipinski definition) is 5. The van der Waals surface area contributed by atoms with Gasteiger partial charge in [0.25, 0.3) is 0 Å². The molecule has 0 amide bonds. The molecule has 116 valence electrons. The van der Waals surface area contributed by atoms with E-state index in [1.807, 2.05) is 29.9 Å². The second-order valence-corrected chi connectivity index (χ2v) is 6.25. The molecule has 0 radical (unpaired) electrons. The van der Waals surface area contributed by atoms with Crippen LogP contribution in [0.4, 0.5) is 5.69 Å². The monoisotopic (exact) mass is 299 g/mol. The fourth-order valence-electron chi connectivity index (χ4n) is 2.87. The third kappa shape index (κ3) is 2.61. The van der Waals surface area contributed by atoms with Crippen molar-refractivity contribution in [1.29, 1.82) is 0 Å². The summed E-state index contributed by atoms with van der Waals surface area (Å²) in [6, 6.07) is 4.57. The lowest BCUT2D eigenvalue weighted by molar-refractivity contribution is 0.440. The predicted octanol–water partition coefficient (Wildman–Crippen LogP) is 2.87. The molecule has 6 heteroatoms. The van der Waals surface area contributed by atoms with Crippen molar-refractivity contribution in [3.63, 3.8) is 0 Å². The van der Waals surface area contributed by atoms with Gasteiger partial charge in [-0.15, -0.1) is 0 Å². The summed E-state index contributed by atoms with van der Waals surface area (Å²) in [6.07, 6.45) is 6.55. The molecule has 0 bridgehead atoms. The maximum Gasteiger partial charge on any atom is 0.196 e. The summed E-state index contributed by atoms with van der Waals surface area (Å²) in [4.78, 5) is 4.50. The van der Waals surface area contributed by atoms with Crippen LogP contribution < -0.4 is 10.6 Å². The van der Waals surface area contributed by atoms with Crippen molar-refractivity contribution in [2.45, 2.75) is 38.8 Å².